The highest BCUT2D eigenvalue weighted by Gasteiger charge is 2.24. The van der Waals surface area contributed by atoms with E-state index in [9.17, 15) is 23.9 Å². The molecule has 1 amide bonds. The van der Waals surface area contributed by atoms with Gasteiger partial charge >= 0.3 is 0 Å². The summed E-state index contributed by atoms with van der Waals surface area (Å²) < 4.78 is 13.1. The topological polar surface area (TPSA) is 102 Å². The lowest BCUT2D eigenvalue weighted by Crippen LogP contribution is -2.47. The average molecular weight is 424 g/mol. The monoisotopic (exact) mass is 424 g/mol. The number of halogens is 1. The lowest BCUT2D eigenvalue weighted by molar-refractivity contribution is 0.0664. The molecular weight excluding hydrogens is 403 g/mol. The smallest absolute Gasteiger partial charge is 0.254 e. The molecule has 1 saturated heterocycles. The van der Waals surface area contributed by atoms with Crippen LogP contribution >= 0.6 is 0 Å². The second-order valence-corrected chi connectivity index (χ2v) is 7.49. The van der Waals surface area contributed by atoms with Crippen LogP contribution in [-0.4, -0.2) is 54.0 Å². The molecule has 31 heavy (non-hydrogen) atoms. The molecule has 8 nitrogen and oxygen atoms in total. The lowest BCUT2D eigenvalue weighted by Gasteiger charge is -2.32. The molecule has 3 aromatic carbocycles. The molecule has 3 aromatic rings. The zero-order chi connectivity index (χ0) is 22.1. The number of carbonyl (C=O) groups is 1. The van der Waals surface area contributed by atoms with Gasteiger partial charge in [0.1, 0.15) is 22.9 Å². The van der Waals surface area contributed by atoms with Crippen LogP contribution in [0.15, 0.2) is 52.1 Å². The van der Waals surface area contributed by atoms with Crippen LogP contribution in [0.5, 0.6) is 5.75 Å². The van der Waals surface area contributed by atoms with Crippen LogP contribution in [0.1, 0.15) is 10.4 Å². The van der Waals surface area contributed by atoms with Gasteiger partial charge in [0.25, 0.3) is 16.8 Å². The zero-order valence-corrected chi connectivity index (χ0v) is 16.8. The Bertz CT molecular complexity index is 1190. The summed E-state index contributed by atoms with van der Waals surface area (Å²) in [5.41, 5.74) is -0.581. The summed E-state index contributed by atoms with van der Waals surface area (Å²) in [4.78, 5) is 40.8. The number of likely N-dealkylation sites (N-methyl/N-ethyl adjacent to an activating group) is 1. The molecule has 0 unspecified atom stereocenters. The van der Waals surface area contributed by atoms with Gasteiger partial charge in [0.2, 0.25) is 0 Å². The lowest BCUT2D eigenvalue weighted by atomic mass is 10.1. The average Bonchev–Trinajstić information content (AvgIpc) is 2.78. The second kappa shape index (κ2) is 8.19. The van der Waals surface area contributed by atoms with Crippen molar-refractivity contribution in [1.82, 2.24) is 9.80 Å². The number of anilines is 4. The Morgan fingerprint density at radius 1 is 0.935 bits per heavy atom. The van der Waals surface area contributed by atoms with Crippen molar-refractivity contribution >= 4 is 28.7 Å². The fraction of sp³-hybridized carbons (Fsp3) is 0.227. The Morgan fingerprint density at radius 3 is 2.19 bits per heavy atom. The van der Waals surface area contributed by atoms with Gasteiger partial charge in [-0.15, -0.1) is 0 Å². The fourth-order valence-corrected chi connectivity index (χ4v) is 3.40. The molecule has 9 heteroatoms. The maximum absolute atomic E-state index is 13.1. The number of hydrogen-bond acceptors (Lipinski definition) is 7. The third-order valence-corrected chi connectivity index (χ3v) is 5.32. The maximum Gasteiger partial charge on any atom is 0.254 e. The molecule has 1 aliphatic heterocycles. The molecular formula is C22H21FN4O4. The third kappa shape index (κ3) is 4.13. The highest BCUT2D eigenvalue weighted by atomic mass is 19.1. The van der Waals surface area contributed by atoms with Crippen molar-refractivity contribution in [2.75, 3.05) is 43.9 Å². The molecule has 0 saturated carbocycles. The fourth-order valence-electron chi connectivity index (χ4n) is 3.40. The summed E-state index contributed by atoms with van der Waals surface area (Å²) in [6.07, 6.45) is 0. The van der Waals surface area contributed by atoms with Gasteiger partial charge in [0, 0.05) is 37.4 Å². The van der Waals surface area contributed by atoms with Crippen molar-refractivity contribution in [2.24, 2.45) is 0 Å². The quantitative estimate of drug-likeness (QED) is 0.425. The van der Waals surface area contributed by atoms with E-state index in [4.69, 9.17) is 0 Å². The van der Waals surface area contributed by atoms with E-state index in [1.807, 2.05) is 7.05 Å². The van der Waals surface area contributed by atoms with Crippen molar-refractivity contribution in [3.8, 4) is 5.75 Å². The van der Waals surface area contributed by atoms with Gasteiger partial charge in [-0.2, -0.15) is 0 Å². The number of carbonyl (C=O) groups excluding carboxylic acids is 1. The Kier molecular flexibility index (Phi) is 5.43. The molecule has 0 radical (unpaired) electrons. The Morgan fingerprint density at radius 2 is 1.55 bits per heavy atom. The highest BCUT2D eigenvalue weighted by Crippen LogP contribution is 2.31. The number of benzene rings is 2. The third-order valence-electron chi connectivity index (χ3n) is 5.32. The normalized spacial score (nSPS) is 14.6. The van der Waals surface area contributed by atoms with Gasteiger partial charge in [-0.3, -0.25) is 14.4 Å². The van der Waals surface area contributed by atoms with Crippen LogP contribution in [0.25, 0.3) is 0 Å². The van der Waals surface area contributed by atoms with Crippen LogP contribution in [0.3, 0.4) is 0 Å². The van der Waals surface area contributed by atoms with E-state index in [0.29, 0.717) is 24.3 Å². The van der Waals surface area contributed by atoms with Crippen molar-refractivity contribution in [1.29, 1.82) is 0 Å². The molecule has 1 fully saturated rings. The van der Waals surface area contributed by atoms with Crippen molar-refractivity contribution in [3.05, 3.63) is 74.3 Å². The molecule has 0 bridgehead atoms. The highest BCUT2D eigenvalue weighted by molar-refractivity contribution is 5.96. The van der Waals surface area contributed by atoms with Gasteiger partial charge in [0.05, 0.1) is 5.69 Å². The van der Waals surface area contributed by atoms with Gasteiger partial charge in [-0.1, -0.05) is 0 Å². The zero-order valence-electron chi connectivity index (χ0n) is 16.8. The summed E-state index contributed by atoms with van der Waals surface area (Å²) in [7, 11) is 1.99. The maximum atomic E-state index is 13.1. The van der Waals surface area contributed by atoms with Gasteiger partial charge in [-0.05, 0) is 49.5 Å². The first-order chi connectivity index (χ1) is 14.8. The van der Waals surface area contributed by atoms with E-state index >= 15 is 0 Å². The Labute approximate surface area is 177 Å². The van der Waals surface area contributed by atoms with Crippen LogP contribution < -0.4 is 21.5 Å². The molecule has 160 valence electrons. The number of nitrogens with zero attached hydrogens (tertiary/aromatic N) is 2. The summed E-state index contributed by atoms with van der Waals surface area (Å²) in [6.45, 7) is 2.75. The minimum atomic E-state index is -0.750. The molecule has 0 aromatic heterocycles. The number of phenols is 1. The molecule has 1 aliphatic rings. The van der Waals surface area contributed by atoms with Crippen molar-refractivity contribution < 1.29 is 14.3 Å². The van der Waals surface area contributed by atoms with Gasteiger partial charge in [-0.25, -0.2) is 4.39 Å². The minimum Gasteiger partial charge on any atom is -0.506 e. The van der Waals surface area contributed by atoms with E-state index in [1.165, 1.54) is 42.5 Å². The first kappa shape index (κ1) is 20.5. The van der Waals surface area contributed by atoms with Crippen LogP contribution in [0.4, 0.5) is 27.1 Å². The van der Waals surface area contributed by atoms with E-state index in [2.05, 4.69) is 15.5 Å². The van der Waals surface area contributed by atoms with Crippen molar-refractivity contribution in [2.45, 2.75) is 0 Å². The summed E-state index contributed by atoms with van der Waals surface area (Å²) >= 11 is 0. The number of phenolic OH excluding ortho intramolecular Hbond substituents is 1. The second-order valence-electron chi connectivity index (χ2n) is 7.49. The van der Waals surface area contributed by atoms with E-state index < -0.39 is 16.7 Å². The van der Waals surface area contributed by atoms with Gasteiger partial charge in [0.15, 0.2) is 0 Å². The SMILES string of the molecule is CN1CCN(C(=O)c2ccc(O)c(Nc3c(Nc4ccc(F)cc4)c(=O)c3=O)c2)CC1. The molecule has 0 spiro atoms. The first-order valence-corrected chi connectivity index (χ1v) is 9.77. The number of amides is 1. The van der Waals surface area contributed by atoms with Crippen LogP contribution in [0, 0.1) is 5.82 Å². The summed E-state index contributed by atoms with van der Waals surface area (Å²) in [6, 6.07) is 9.64. The van der Waals surface area contributed by atoms with E-state index in [-0.39, 0.29) is 28.7 Å². The summed E-state index contributed by atoms with van der Waals surface area (Å²) in [5, 5.41) is 15.8. The molecule has 3 N–H and O–H groups in total. The van der Waals surface area contributed by atoms with E-state index in [1.54, 1.807) is 4.90 Å². The number of piperazine rings is 1. The number of hydrogen-bond donors (Lipinski definition) is 3. The van der Waals surface area contributed by atoms with E-state index in [0.717, 1.165) is 13.1 Å². The van der Waals surface area contributed by atoms with Crippen molar-refractivity contribution in [3.63, 3.8) is 0 Å². The minimum absolute atomic E-state index is 0.00630. The molecule has 1 heterocycles. The van der Waals surface area contributed by atoms with Crippen LogP contribution in [0.2, 0.25) is 0 Å². The number of rotatable bonds is 5. The molecule has 0 aliphatic carbocycles. The summed E-state index contributed by atoms with van der Waals surface area (Å²) in [5.74, 6) is -0.776. The largest absolute Gasteiger partial charge is 0.506 e. The Balaban J connectivity index is 1.56. The van der Waals surface area contributed by atoms with Crippen LogP contribution in [-0.2, 0) is 0 Å². The molecule has 4 rings (SSSR count). The predicted octanol–water partition coefficient (Wildman–Crippen LogP) is 2.00. The molecule has 0 atom stereocenters. The number of nitrogens with one attached hydrogen (secondary N) is 2. The standard InChI is InChI=1S/C22H21FN4O4/c1-26-8-10-27(11-9-26)22(31)13-2-7-17(28)16(12-13)25-19-18(20(29)21(19)30)24-15-5-3-14(23)4-6-15/h2-7,12,24-25,28H,8-11H2,1H3. The first-order valence-electron chi connectivity index (χ1n) is 9.77. The Hall–Kier alpha value is -3.72. The van der Waals surface area contributed by atoms with Gasteiger partial charge < -0.3 is 25.5 Å². The predicted molar refractivity (Wildman–Crippen MR) is 116 cm³/mol. The number of aromatic hydroxyl groups is 1.